The second kappa shape index (κ2) is 8.51. The lowest BCUT2D eigenvalue weighted by molar-refractivity contribution is -0.125. The predicted molar refractivity (Wildman–Crippen MR) is 73.9 cm³/mol. The molecular weight excluding hydrogens is 264 g/mol. The molecule has 0 aromatic heterocycles. The van der Waals surface area contributed by atoms with E-state index in [4.69, 9.17) is 0 Å². The van der Waals surface area contributed by atoms with Crippen LogP contribution in [-0.4, -0.2) is 19.1 Å². The average Bonchev–Trinajstić information content (AvgIpc) is 2.41. The van der Waals surface area contributed by atoms with Gasteiger partial charge in [0, 0.05) is 12.5 Å². The minimum Gasteiger partial charge on any atom is -0.435 e. The predicted octanol–water partition coefficient (Wildman–Crippen LogP) is 3.38. The normalized spacial score (nSPS) is 10.9. The summed E-state index contributed by atoms with van der Waals surface area (Å²) in [5, 5.41) is 2.89. The molecule has 0 unspecified atom stereocenters. The SMILES string of the molecule is CCC(CC)C(=O)NCCc1ccc(OC(F)F)cc1. The van der Waals surface area contributed by atoms with Gasteiger partial charge in [-0.05, 0) is 37.0 Å². The molecule has 0 heterocycles. The summed E-state index contributed by atoms with van der Waals surface area (Å²) in [5.74, 6) is 0.286. The van der Waals surface area contributed by atoms with Crippen molar-refractivity contribution in [3.8, 4) is 5.75 Å². The largest absolute Gasteiger partial charge is 0.435 e. The number of alkyl halides is 2. The third-order valence-electron chi connectivity index (χ3n) is 3.22. The Balaban J connectivity index is 2.37. The smallest absolute Gasteiger partial charge is 0.387 e. The number of benzene rings is 1. The molecule has 0 aliphatic rings. The van der Waals surface area contributed by atoms with Crippen molar-refractivity contribution in [2.75, 3.05) is 6.54 Å². The van der Waals surface area contributed by atoms with Crippen LogP contribution in [0.5, 0.6) is 5.75 Å². The summed E-state index contributed by atoms with van der Waals surface area (Å²) in [6, 6.07) is 6.45. The molecule has 0 aliphatic carbocycles. The third kappa shape index (κ3) is 5.55. The van der Waals surface area contributed by atoms with E-state index in [1.165, 1.54) is 12.1 Å². The van der Waals surface area contributed by atoms with E-state index >= 15 is 0 Å². The molecule has 3 nitrogen and oxygen atoms in total. The number of carbonyl (C=O) groups excluding carboxylic acids is 1. The first kappa shape index (κ1) is 16.4. The number of carbonyl (C=O) groups is 1. The lowest BCUT2D eigenvalue weighted by Gasteiger charge is -2.12. The number of nitrogens with one attached hydrogen (secondary N) is 1. The maximum absolute atomic E-state index is 12.0. The molecule has 0 spiro atoms. The Morgan fingerprint density at radius 1 is 1.20 bits per heavy atom. The highest BCUT2D eigenvalue weighted by Crippen LogP contribution is 2.15. The molecule has 0 saturated heterocycles. The highest BCUT2D eigenvalue weighted by molar-refractivity contribution is 5.78. The summed E-state index contributed by atoms with van der Waals surface area (Å²) in [6.07, 6.45) is 2.34. The van der Waals surface area contributed by atoms with Gasteiger partial charge in [-0.25, -0.2) is 0 Å². The topological polar surface area (TPSA) is 38.3 Å². The Morgan fingerprint density at radius 3 is 2.30 bits per heavy atom. The Kier molecular flexibility index (Phi) is 6.98. The van der Waals surface area contributed by atoms with Crippen molar-refractivity contribution in [2.45, 2.75) is 39.7 Å². The molecule has 1 aromatic rings. The van der Waals surface area contributed by atoms with Gasteiger partial charge in [0.15, 0.2) is 0 Å². The van der Waals surface area contributed by atoms with Crippen molar-refractivity contribution in [1.82, 2.24) is 5.32 Å². The maximum atomic E-state index is 12.0. The van der Waals surface area contributed by atoms with E-state index in [1.54, 1.807) is 12.1 Å². The fourth-order valence-corrected chi connectivity index (χ4v) is 1.97. The van der Waals surface area contributed by atoms with Gasteiger partial charge in [0.05, 0.1) is 0 Å². The van der Waals surface area contributed by atoms with Gasteiger partial charge in [-0.1, -0.05) is 26.0 Å². The minimum atomic E-state index is -2.81. The van der Waals surface area contributed by atoms with Crippen LogP contribution in [0.2, 0.25) is 0 Å². The van der Waals surface area contributed by atoms with E-state index in [2.05, 4.69) is 10.1 Å². The summed E-state index contributed by atoms with van der Waals surface area (Å²) in [7, 11) is 0. The summed E-state index contributed by atoms with van der Waals surface area (Å²) >= 11 is 0. The molecule has 1 N–H and O–H groups in total. The molecule has 1 rings (SSSR count). The van der Waals surface area contributed by atoms with Crippen molar-refractivity contribution in [1.29, 1.82) is 0 Å². The fraction of sp³-hybridized carbons (Fsp3) is 0.533. The lowest BCUT2D eigenvalue weighted by atomic mass is 10.0. The highest BCUT2D eigenvalue weighted by atomic mass is 19.3. The average molecular weight is 285 g/mol. The molecule has 112 valence electrons. The van der Waals surface area contributed by atoms with Gasteiger partial charge in [-0.2, -0.15) is 8.78 Å². The Labute approximate surface area is 118 Å². The molecule has 20 heavy (non-hydrogen) atoms. The molecule has 1 aromatic carbocycles. The van der Waals surface area contributed by atoms with E-state index in [9.17, 15) is 13.6 Å². The Bertz CT molecular complexity index is 403. The summed E-state index contributed by atoms with van der Waals surface area (Å²) in [4.78, 5) is 11.8. The Hall–Kier alpha value is -1.65. The van der Waals surface area contributed by atoms with Gasteiger partial charge >= 0.3 is 6.61 Å². The highest BCUT2D eigenvalue weighted by Gasteiger charge is 2.12. The van der Waals surface area contributed by atoms with Gasteiger partial charge in [-0.15, -0.1) is 0 Å². The molecule has 0 fully saturated rings. The number of halogens is 2. The van der Waals surface area contributed by atoms with Crippen LogP contribution >= 0.6 is 0 Å². The van der Waals surface area contributed by atoms with E-state index in [0.29, 0.717) is 13.0 Å². The molecule has 0 radical (unpaired) electrons. The van der Waals surface area contributed by atoms with Crippen molar-refractivity contribution >= 4 is 5.91 Å². The number of hydrogen-bond acceptors (Lipinski definition) is 2. The minimum absolute atomic E-state index is 0.0665. The van der Waals surface area contributed by atoms with Gasteiger partial charge in [0.1, 0.15) is 5.75 Å². The van der Waals surface area contributed by atoms with Crippen LogP contribution in [0.1, 0.15) is 32.3 Å². The summed E-state index contributed by atoms with van der Waals surface area (Å²) < 4.78 is 28.2. The van der Waals surface area contributed by atoms with Crippen LogP contribution < -0.4 is 10.1 Å². The first-order valence-corrected chi connectivity index (χ1v) is 6.88. The zero-order chi connectivity index (χ0) is 15.0. The van der Waals surface area contributed by atoms with Gasteiger partial charge in [-0.3, -0.25) is 4.79 Å². The quantitative estimate of drug-likeness (QED) is 0.795. The van der Waals surface area contributed by atoms with Crippen molar-refractivity contribution in [2.24, 2.45) is 5.92 Å². The lowest BCUT2D eigenvalue weighted by Crippen LogP contribution is -2.31. The first-order valence-electron chi connectivity index (χ1n) is 6.88. The number of amides is 1. The van der Waals surface area contributed by atoms with E-state index in [1.807, 2.05) is 13.8 Å². The van der Waals surface area contributed by atoms with Crippen LogP contribution in [0.3, 0.4) is 0 Å². The molecule has 0 bridgehead atoms. The van der Waals surface area contributed by atoms with Crippen LogP contribution in [-0.2, 0) is 11.2 Å². The van der Waals surface area contributed by atoms with Gasteiger partial charge in [0.25, 0.3) is 0 Å². The number of hydrogen-bond donors (Lipinski definition) is 1. The molecule has 0 aliphatic heterocycles. The van der Waals surface area contributed by atoms with Crippen LogP contribution in [0, 0.1) is 5.92 Å². The standard InChI is InChI=1S/C15H21F2NO2/c1-3-12(4-2)14(19)18-10-9-11-5-7-13(8-6-11)20-15(16)17/h5-8,12,15H,3-4,9-10H2,1-2H3,(H,18,19). The van der Waals surface area contributed by atoms with E-state index in [-0.39, 0.29) is 17.6 Å². The number of rotatable bonds is 8. The summed E-state index contributed by atoms with van der Waals surface area (Å²) in [6.45, 7) is 1.73. The molecule has 5 heteroatoms. The second-order valence-electron chi connectivity index (χ2n) is 4.58. The van der Waals surface area contributed by atoms with Gasteiger partial charge < -0.3 is 10.1 Å². The number of ether oxygens (including phenoxy) is 1. The zero-order valence-corrected chi connectivity index (χ0v) is 11.9. The van der Waals surface area contributed by atoms with E-state index in [0.717, 1.165) is 18.4 Å². The van der Waals surface area contributed by atoms with Crippen molar-refractivity contribution < 1.29 is 18.3 Å². The first-order chi connectivity index (χ1) is 9.56. The summed E-state index contributed by atoms with van der Waals surface area (Å²) in [5.41, 5.74) is 0.969. The molecule has 1 amide bonds. The third-order valence-corrected chi connectivity index (χ3v) is 3.22. The van der Waals surface area contributed by atoms with Crippen LogP contribution in [0.25, 0.3) is 0 Å². The molecule has 0 saturated carbocycles. The maximum Gasteiger partial charge on any atom is 0.387 e. The van der Waals surface area contributed by atoms with Crippen LogP contribution in [0.4, 0.5) is 8.78 Å². The second-order valence-corrected chi connectivity index (χ2v) is 4.58. The fourth-order valence-electron chi connectivity index (χ4n) is 1.97. The molecule has 0 atom stereocenters. The zero-order valence-electron chi connectivity index (χ0n) is 11.9. The van der Waals surface area contributed by atoms with Gasteiger partial charge in [0.2, 0.25) is 5.91 Å². The van der Waals surface area contributed by atoms with Crippen LogP contribution in [0.15, 0.2) is 24.3 Å². The monoisotopic (exact) mass is 285 g/mol. The van der Waals surface area contributed by atoms with E-state index < -0.39 is 6.61 Å². The molecular formula is C15H21F2NO2. The van der Waals surface area contributed by atoms with Crippen molar-refractivity contribution in [3.63, 3.8) is 0 Å². The van der Waals surface area contributed by atoms with Crippen molar-refractivity contribution in [3.05, 3.63) is 29.8 Å². The Morgan fingerprint density at radius 2 is 1.80 bits per heavy atom.